The number of rotatable bonds is 7. The summed E-state index contributed by atoms with van der Waals surface area (Å²) in [5.74, 6) is -1.26. The van der Waals surface area contributed by atoms with Crippen molar-refractivity contribution in [3.05, 3.63) is 11.6 Å². The van der Waals surface area contributed by atoms with Gasteiger partial charge in [0, 0.05) is 72.6 Å². The van der Waals surface area contributed by atoms with E-state index in [1.807, 2.05) is 11.8 Å². The summed E-state index contributed by atoms with van der Waals surface area (Å²) in [4.78, 5) is 28.4. The normalized spacial score (nSPS) is 44.8. The van der Waals surface area contributed by atoms with Crippen LogP contribution in [0.2, 0.25) is 0 Å². The molecule has 9 heteroatoms. The first-order valence-corrected chi connectivity index (χ1v) is 12.6. The molecule has 3 aliphatic carbocycles. The Kier molecular flexibility index (Phi) is 7.50. The number of methoxy groups -OCH3 is 4. The van der Waals surface area contributed by atoms with Crippen LogP contribution in [-0.4, -0.2) is 99.5 Å². The van der Waals surface area contributed by atoms with Crippen LogP contribution < -0.4 is 0 Å². The topological polar surface area (TPSA) is 104 Å². The molecule has 3 fully saturated rings. The second-order valence-electron chi connectivity index (χ2n) is 10.8. The Balaban J connectivity index is 1.90. The number of amides is 1. The van der Waals surface area contributed by atoms with Crippen molar-refractivity contribution in [3.63, 3.8) is 0 Å². The summed E-state index contributed by atoms with van der Waals surface area (Å²) in [5.41, 5.74) is -1.27. The molecule has 4 aliphatic rings. The van der Waals surface area contributed by atoms with E-state index < -0.39 is 41.4 Å². The molecule has 1 saturated heterocycles. The first kappa shape index (κ1) is 26.7. The number of aliphatic hydroxyl groups is 1. The third kappa shape index (κ3) is 4.08. The molecule has 0 aromatic carbocycles. The van der Waals surface area contributed by atoms with Gasteiger partial charge in [-0.2, -0.15) is 0 Å². The van der Waals surface area contributed by atoms with Crippen molar-refractivity contribution in [3.8, 4) is 0 Å². The van der Waals surface area contributed by atoms with Gasteiger partial charge in [-0.3, -0.25) is 9.59 Å². The standard InChI is InChI=1S/C26H41NO8/c1-8-27(14(2)28)13-25(3)10-9-17(31-4)15-11-16-19-18(32-5)12-26(30,23(16)35-24(19)34-7)22(29)21(33-6)20(15)25/h11,16-21,23-24,30H,8-10,12-13H2,1-7H3/t16-,17+,18+,19-,20-,21+,23-,24+,25+,26-/m1/s1. The molecule has 10 atom stereocenters. The van der Waals surface area contributed by atoms with Crippen molar-refractivity contribution in [1.29, 1.82) is 0 Å². The number of ketones is 1. The minimum absolute atomic E-state index is 0.00734. The second-order valence-corrected chi connectivity index (χ2v) is 10.8. The summed E-state index contributed by atoms with van der Waals surface area (Å²) < 4.78 is 29.5. The Bertz CT molecular complexity index is 862. The van der Waals surface area contributed by atoms with Crippen LogP contribution >= 0.6 is 0 Å². The molecular formula is C26H41NO8. The number of fused-ring (bicyclic) bond motifs is 1. The molecule has 35 heavy (non-hydrogen) atoms. The van der Waals surface area contributed by atoms with Crippen LogP contribution in [0.4, 0.5) is 0 Å². The van der Waals surface area contributed by atoms with Crippen LogP contribution in [0, 0.1) is 23.2 Å². The van der Waals surface area contributed by atoms with Gasteiger partial charge in [0.1, 0.15) is 12.2 Å². The summed E-state index contributed by atoms with van der Waals surface area (Å²) in [6, 6.07) is 0. The SMILES string of the molecule is CCN(C[C@]1(C)CC[C@H](OC)C2=C[C@@H]3[C@H]4[C@@H](OC)O[C@H]3[C@@](O)(C[C@@H]4OC)C(=O)[C@@H](OC)[C@@H]21)C(C)=O. The van der Waals surface area contributed by atoms with Crippen molar-refractivity contribution in [2.75, 3.05) is 41.5 Å². The summed E-state index contributed by atoms with van der Waals surface area (Å²) in [6.07, 6.45) is 0.829. The van der Waals surface area contributed by atoms with Crippen molar-refractivity contribution >= 4 is 11.7 Å². The van der Waals surface area contributed by atoms with Crippen LogP contribution in [0.5, 0.6) is 0 Å². The van der Waals surface area contributed by atoms with Crippen molar-refractivity contribution < 1.29 is 38.4 Å². The Morgan fingerprint density at radius 3 is 2.46 bits per heavy atom. The molecular weight excluding hydrogens is 454 g/mol. The van der Waals surface area contributed by atoms with Crippen molar-refractivity contribution in [2.45, 2.75) is 76.3 Å². The van der Waals surface area contributed by atoms with Crippen LogP contribution in [0.25, 0.3) is 0 Å². The summed E-state index contributed by atoms with van der Waals surface area (Å²) in [7, 11) is 6.35. The number of hydrogen-bond acceptors (Lipinski definition) is 8. The number of nitrogens with zero attached hydrogens (tertiary/aromatic N) is 1. The number of hydrogen-bond donors (Lipinski definition) is 1. The molecule has 4 rings (SSSR count). The molecule has 4 bridgehead atoms. The third-order valence-electron chi connectivity index (χ3n) is 9.09. The Hall–Kier alpha value is -1.36. The molecule has 0 spiro atoms. The Labute approximate surface area is 208 Å². The molecule has 0 radical (unpaired) electrons. The number of carbonyl (C=O) groups excluding carboxylic acids is 2. The van der Waals surface area contributed by atoms with Gasteiger partial charge < -0.3 is 33.7 Å². The number of carbonyl (C=O) groups is 2. The van der Waals surface area contributed by atoms with Gasteiger partial charge >= 0.3 is 0 Å². The highest BCUT2D eigenvalue weighted by atomic mass is 16.7. The maximum absolute atomic E-state index is 14.2. The van der Waals surface area contributed by atoms with E-state index in [9.17, 15) is 14.7 Å². The molecule has 0 aromatic rings. The van der Waals surface area contributed by atoms with E-state index in [1.54, 1.807) is 28.3 Å². The average molecular weight is 496 g/mol. The van der Waals surface area contributed by atoms with Crippen LogP contribution in [-0.2, 0) is 33.3 Å². The predicted octanol–water partition coefficient (Wildman–Crippen LogP) is 1.56. The first-order valence-electron chi connectivity index (χ1n) is 12.6. The van der Waals surface area contributed by atoms with Crippen LogP contribution in [0.3, 0.4) is 0 Å². The summed E-state index contributed by atoms with van der Waals surface area (Å²) >= 11 is 0. The van der Waals surface area contributed by atoms with Gasteiger partial charge in [0.05, 0.1) is 12.2 Å². The molecule has 2 saturated carbocycles. The predicted molar refractivity (Wildman–Crippen MR) is 126 cm³/mol. The zero-order valence-electron chi connectivity index (χ0n) is 22.0. The van der Waals surface area contributed by atoms with E-state index in [1.165, 1.54) is 7.11 Å². The van der Waals surface area contributed by atoms with Gasteiger partial charge in [-0.15, -0.1) is 0 Å². The van der Waals surface area contributed by atoms with Gasteiger partial charge in [0.25, 0.3) is 0 Å². The lowest BCUT2D eigenvalue weighted by atomic mass is 9.56. The minimum atomic E-state index is -1.79. The van der Waals surface area contributed by atoms with E-state index in [-0.39, 0.29) is 36.2 Å². The van der Waals surface area contributed by atoms with Crippen LogP contribution in [0.15, 0.2) is 11.6 Å². The summed E-state index contributed by atoms with van der Waals surface area (Å²) in [6.45, 7) is 6.70. The molecule has 1 aliphatic heterocycles. The lowest BCUT2D eigenvalue weighted by Crippen LogP contribution is -2.65. The van der Waals surface area contributed by atoms with E-state index in [4.69, 9.17) is 23.7 Å². The lowest BCUT2D eigenvalue weighted by molar-refractivity contribution is -0.191. The first-order chi connectivity index (χ1) is 16.6. The third-order valence-corrected chi connectivity index (χ3v) is 9.09. The maximum atomic E-state index is 14.2. The fourth-order valence-corrected chi connectivity index (χ4v) is 7.33. The van der Waals surface area contributed by atoms with E-state index in [0.29, 0.717) is 13.1 Å². The fraction of sp³-hybridized carbons (Fsp3) is 0.846. The lowest BCUT2D eigenvalue weighted by Gasteiger charge is -2.54. The quantitative estimate of drug-likeness (QED) is 0.531. The monoisotopic (exact) mass is 495 g/mol. The largest absolute Gasteiger partial charge is 0.381 e. The van der Waals surface area contributed by atoms with E-state index in [0.717, 1.165) is 18.4 Å². The highest BCUT2D eigenvalue weighted by Gasteiger charge is 2.67. The molecule has 198 valence electrons. The maximum Gasteiger partial charge on any atom is 0.219 e. The van der Waals surface area contributed by atoms with Crippen molar-refractivity contribution in [2.24, 2.45) is 23.2 Å². The van der Waals surface area contributed by atoms with Crippen molar-refractivity contribution in [1.82, 2.24) is 4.90 Å². The molecule has 9 nitrogen and oxygen atoms in total. The smallest absolute Gasteiger partial charge is 0.219 e. The number of Topliss-reactive ketones (excluding diaryl/α,β-unsaturated/α-hetero) is 1. The van der Waals surface area contributed by atoms with E-state index in [2.05, 4.69) is 13.0 Å². The molecule has 1 amide bonds. The Morgan fingerprint density at radius 2 is 1.91 bits per heavy atom. The van der Waals surface area contributed by atoms with Gasteiger partial charge in [0.15, 0.2) is 17.7 Å². The molecule has 1 heterocycles. The average Bonchev–Trinajstić information content (AvgIpc) is 3.14. The fourth-order valence-electron chi connectivity index (χ4n) is 7.33. The highest BCUT2D eigenvalue weighted by molar-refractivity contribution is 5.93. The molecule has 0 aromatic heterocycles. The van der Waals surface area contributed by atoms with Crippen LogP contribution in [0.1, 0.15) is 40.0 Å². The van der Waals surface area contributed by atoms with Gasteiger partial charge in [0.2, 0.25) is 5.91 Å². The zero-order valence-corrected chi connectivity index (χ0v) is 22.0. The summed E-state index contributed by atoms with van der Waals surface area (Å²) in [5, 5.41) is 12.0. The molecule has 1 N–H and O–H groups in total. The highest BCUT2D eigenvalue weighted by Crippen LogP contribution is 2.56. The van der Waals surface area contributed by atoms with Gasteiger partial charge in [-0.25, -0.2) is 0 Å². The Morgan fingerprint density at radius 1 is 1.20 bits per heavy atom. The second kappa shape index (κ2) is 9.84. The van der Waals surface area contributed by atoms with E-state index >= 15 is 0 Å². The van der Waals surface area contributed by atoms with Gasteiger partial charge in [-0.1, -0.05) is 13.0 Å². The zero-order chi connectivity index (χ0) is 25.7. The minimum Gasteiger partial charge on any atom is -0.381 e. The number of ether oxygens (including phenoxy) is 5. The van der Waals surface area contributed by atoms with Gasteiger partial charge in [-0.05, 0) is 30.8 Å². The molecule has 0 unspecified atom stereocenters.